The minimum atomic E-state index is -1.01. The van der Waals surface area contributed by atoms with Crippen molar-refractivity contribution in [2.24, 2.45) is 5.92 Å². The van der Waals surface area contributed by atoms with Crippen molar-refractivity contribution in [3.05, 3.63) is 107 Å². The van der Waals surface area contributed by atoms with E-state index in [1.165, 1.54) is 11.1 Å². The first-order chi connectivity index (χ1) is 13.1. The summed E-state index contributed by atoms with van der Waals surface area (Å²) in [4.78, 5) is 2.26. The van der Waals surface area contributed by atoms with E-state index < -0.39 is 17.7 Å². The summed E-state index contributed by atoms with van der Waals surface area (Å²) >= 11 is 0. The molecule has 4 rings (SSSR count). The molecule has 0 saturated carbocycles. The Morgan fingerprint density at radius 1 is 0.815 bits per heavy atom. The second-order valence-corrected chi connectivity index (χ2v) is 7.05. The van der Waals surface area contributed by atoms with Gasteiger partial charge in [-0.05, 0) is 29.3 Å². The second-order valence-electron chi connectivity index (χ2n) is 7.05. The standard InChI is InChI=1S/C23H21F2NO/c24-19-11-12-21(25)20(13-19)23(27)18-14-26(15-18)22(16-7-3-1-4-8-16)17-9-5-2-6-10-17/h1-13,18,22-23,27H,14-15H2. The zero-order valence-electron chi connectivity index (χ0n) is 14.8. The summed E-state index contributed by atoms with van der Waals surface area (Å²) in [5, 5.41) is 10.6. The van der Waals surface area contributed by atoms with Crippen molar-refractivity contribution in [3.63, 3.8) is 0 Å². The van der Waals surface area contributed by atoms with Crippen molar-refractivity contribution in [1.82, 2.24) is 4.90 Å². The number of nitrogens with zero attached hydrogens (tertiary/aromatic N) is 1. The van der Waals surface area contributed by atoms with E-state index in [-0.39, 0.29) is 17.5 Å². The van der Waals surface area contributed by atoms with Gasteiger partial charge in [0.25, 0.3) is 0 Å². The van der Waals surface area contributed by atoms with Gasteiger partial charge in [0, 0.05) is 24.6 Å². The van der Waals surface area contributed by atoms with Crippen molar-refractivity contribution in [2.75, 3.05) is 13.1 Å². The Morgan fingerprint density at radius 2 is 1.37 bits per heavy atom. The van der Waals surface area contributed by atoms with Gasteiger partial charge >= 0.3 is 0 Å². The highest BCUT2D eigenvalue weighted by Gasteiger charge is 2.39. The lowest BCUT2D eigenvalue weighted by Crippen LogP contribution is -2.51. The molecular formula is C23H21F2NO. The summed E-state index contributed by atoms with van der Waals surface area (Å²) < 4.78 is 27.4. The van der Waals surface area contributed by atoms with Crippen LogP contribution in [0.5, 0.6) is 0 Å². The summed E-state index contributed by atoms with van der Waals surface area (Å²) in [6.07, 6.45) is -1.01. The fourth-order valence-corrected chi connectivity index (χ4v) is 3.84. The highest BCUT2D eigenvalue weighted by molar-refractivity contribution is 5.33. The molecular weight excluding hydrogens is 344 g/mol. The third-order valence-electron chi connectivity index (χ3n) is 5.26. The monoisotopic (exact) mass is 365 g/mol. The zero-order valence-corrected chi connectivity index (χ0v) is 14.8. The third kappa shape index (κ3) is 3.64. The van der Waals surface area contributed by atoms with Crippen LogP contribution >= 0.6 is 0 Å². The van der Waals surface area contributed by atoms with Crippen LogP contribution in [0.4, 0.5) is 8.78 Å². The average molecular weight is 365 g/mol. The number of likely N-dealkylation sites (tertiary alicyclic amines) is 1. The second kappa shape index (κ2) is 7.59. The molecule has 0 spiro atoms. The Hall–Kier alpha value is -2.56. The van der Waals surface area contributed by atoms with E-state index in [1.807, 2.05) is 36.4 Å². The number of hydrogen-bond donors (Lipinski definition) is 1. The molecule has 1 atom stereocenters. The summed E-state index contributed by atoms with van der Waals surface area (Å²) in [7, 11) is 0. The maximum atomic E-state index is 14.0. The zero-order chi connectivity index (χ0) is 18.8. The van der Waals surface area contributed by atoms with Gasteiger partial charge in [0.1, 0.15) is 11.6 Å². The van der Waals surface area contributed by atoms with E-state index >= 15 is 0 Å². The number of hydrogen-bond acceptors (Lipinski definition) is 2. The first-order valence-electron chi connectivity index (χ1n) is 9.10. The maximum absolute atomic E-state index is 14.0. The van der Waals surface area contributed by atoms with E-state index in [0.29, 0.717) is 13.1 Å². The van der Waals surface area contributed by atoms with Crippen molar-refractivity contribution in [3.8, 4) is 0 Å². The van der Waals surface area contributed by atoms with Crippen LogP contribution in [0.1, 0.15) is 28.8 Å². The topological polar surface area (TPSA) is 23.5 Å². The van der Waals surface area contributed by atoms with E-state index in [9.17, 15) is 13.9 Å². The fourth-order valence-electron chi connectivity index (χ4n) is 3.84. The van der Waals surface area contributed by atoms with Crippen LogP contribution in [0.3, 0.4) is 0 Å². The lowest BCUT2D eigenvalue weighted by molar-refractivity contribution is -0.0222. The Kier molecular flexibility index (Phi) is 5.01. The van der Waals surface area contributed by atoms with Gasteiger partial charge in [-0.25, -0.2) is 8.78 Å². The normalized spacial score (nSPS) is 16.3. The predicted molar refractivity (Wildman–Crippen MR) is 101 cm³/mol. The smallest absolute Gasteiger partial charge is 0.129 e. The van der Waals surface area contributed by atoms with E-state index in [1.54, 1.807) is 0 Å². The van der Waals surface area contributed by atoms with Crippen molar-refractivity contribution in [1.29, 1.82) is 0 Å². The SMILES string of the molecule is OC(c1cc(F)ccc1F)C1CN(C(c2ccccc2)c2ccccc2)C1. The molecule has 1 heterocycles. The van der Waals surface area contributed by atoms with Crippen LogP contribution < -0.4 is 0 Å². The van der Waals surface area contributed by atoms with E-state index in [2.05, 4.69) is 29.2 Å². The molecule has 1 N–H and O–H groups in total. The number of aliphatic hydroxyl groups is 1. The van der Waals surface area contributed by atoms with Gasteiger partial charge in [0.2, 0.25) is 0 Å². The molecule has 1 unspecified atom stereocenters. The molecule has 0 aromatic heterocycles. The lowest BCUT2D eigenvalue weighted by Gasteiger charge is -2.46. The predicted octanol–water partition coefficient (Wildman–Crippen LogP) is 4.72. The molecule has 0 radical (unpaired) electrons. The summed E-state index contributed by atoms with van der Waals surface area (Å²) in [6.45, 7) is 1.23. The Bertz CT molecular complexity index is 855. The first-order valence-corrected chi connectivity index (χ1v) is 9.10. The van der Waals surface area contributed by atoms with Crippen LogP contribution in [-0.2, 0) is 0 Å². The highest BCUT2D eigenvalue weighted by Crippen LogP contribution is 2.39. The summed E-state index contributed by atoms with van der Waals surface area (Å²) in [5.41, 5.74) is 2.39. The van der Waals surface area contributed by atoms with Gasteiger partial charge in [0.15, 0.2) is 0 Å². The van der Waals surface area contributed by atoms with E-state index in [0.717, 1.165) is 18.2 Å². The lowest BCUT2D eigenvalue weighted by atomic mass is 9.85. The van der Waals surface area contributed by atoms with Crippen LogP contribution in [-0.4, -0.2) is 23.1 Å². The molecule has 1 fully saturated rings. The minimum absolute atomic E-state index is 0.0376. The first kappa shape index (κ1) is 17.8. The van der Waals surface area contributed by atoms with Crippen LogP contribution in [0.15, 0.2) is 78.9 Å². The summed E-state index contributed by atoms with van der Waals surface area (Å²) in [5.74, 6) is -1.23. The van der Waals surface area contributed by atoms with Gasteiger partial charge in [0.05, 0.1) is 12.1 Å². The number of aliphatic hydroxyl groups excluding tert-OH is 1. The van der Waals surface area contributed by atoms with Crippen molar-refractivity contribution in [2.45, 2.75) is 12.1 Å². The fraction of sp³-hybridized carbons (Fsp3) is 0.217. The molecule has 3 aromatic rings. The quantitative estimate of drug-likeness (QED) is 0.707. The molecule has 1 saturated heterocycles. The Balaban J connectivity index is 1.54. The van der Waals surface area contributed by atoms with Gasteiger partial charge < -0.3 is 5.11 Å². The van der Waals surface area contributed by atoms with Crippen molar-refractivity contribution >= 4 is 0 Å². The Morgan fingerprint density at radius 3 is 1.93 bits per heavy atom. The molecule has 1 aliphatic rings. The van der Waals surface area contributed by atoms with Crippen LogP contribution in [0, 0.1) is 17.6 Å². The highest BCUT2D eigenvalue weighted by atomic mass is 19.1. The molecule has 138 valence electrons. The van der Waals surface area contributed by atoms with Gasteiger partial charge in [-0.2, -0.15) is 0 Å². The average Bonchev–Trinajstić information content (AvgIpc) is 2.67. The molecule has 0 bridgehead atoms. The molecule has 3 aromatic carbocycles. The van der Waals surface area contributed by atoms with Gasteiger partial charge in [-0.15, -0.1) is 0 Å². The number of benzene rings is 3. The minimum Gasteiger partial charge on any atom is -0.388 e. The number of rotatable bonds is 5. The van der Waals surface area contributed by atoms with Crippen molar-refractivity contribution < 1.29 is 13.9 Å². The van der Waals surface area contributed by atoms with E-state index in [4.69, 9.17) is 0 Å². The van der Waals surface area contributed by atoms with Crippen LogP contribution in [0.25, 0.3) is 0 Å². The Labute approximate surface area is 157 Å². The van der Waals surface area contributed by atoms with Gasteiger partial charge in [-0.3, -0.25) is 4.90 Å². The third-order valence-corrected chi connectivity index (χ3v) is 5.26. The molecule has 0 aliphatic carbocycles. The maximum Gasteiger partial charge on any atom is 0.129 e. The molecule has 1 aliphatic heterocycles. The molecule has 2 nitrogen and oxygen atoms in total. The largest absolute Gasteiger partial charge is 0.388 e. The number of halogens is 2. The summed E-state index contributed by atoms with van der Waals surface area (Å²) in [6, 6.07) is 23.7. The molecule has 4 heteroatoms. The van der Waals surface area contributed by atoms with Crippen LogP contribution in [0.2, 0.25) is 0 Å². The molecule has 0 amide bonds. The van der Waals surface area contributed by atoms with Gasteiger partial charge in [-0.1, -0.05) is 60.7 Å². The molecule has 27 heavy (non-hydrogen) atoms.